The van der Waals surface area contributed by atoms with E-state index in [9.17, 15) is 18.0 Å². The molecule has 1 fully saturated rings. The molecule has 0 radical (unpaired) electrons. The second-order valence-electron chi connectivity index (χ2n) is 6.85. The zero-order chi connectivity index (χ0) is 23.6. The van der Waals surface area contributed by atoms with Crippen molar-refractivity contribution >= 4 is 34.6 Å². The summed E-state index contributed by atoms with van der Waals surface area (Å²) in [5.41, 5.74) is 6.41. The molecule has 1 aliphatic heterocycles. The average molecular weight is 464 g/mol. The van der Waals surface area contributed by atoms with E-state index in [4.69, 9.17) is 17.3 Å². The fourth-order valence-corrected chi connectivity index (χ4v) is 3.19. The number of hydrazone groups is 1. The van der Waals surface area contributed by atoms with Gasteiger partial charge < -0.3 is 15.5 Å². The summed E-state index contributed by atoms with van der Waals surface area (Å²) in [6.07, 6.45) is -4.32. The van der Waals surface area contributed by atoms with Crippen LogP contribution in [0.25, 0.3) is 0 Å². The largest absolute Gasteiger partial charge is 0.431 e. The third kappa shape index (κ3) is 8.12. The van der Waals surface area contributed by atoms with Crippen LogP contribution in [0.2, 0.25) is 5.02 Å². The summed E-state index contributed by atoms with van der Waals surface area (Å²) >= 11 is 5.95. The van der Waals surface area contributed by atoms with E-state index in [1.54, 1.807) is 30.9 Å². The summed E-state index contributed by atoms with van der Waals surface area (Å²) < 4.78 is 39.2. The molecule has 0 spiro atoms. The first kappa shape index (κ1) is 26.9. The molecule has 0 bridgehead atoms. The van der Waals surface area contributed by atoms with E-state index >= 15 is 0 Å². The van der Waals surface area contributed by atoms with Gasteiger partial charge in [0.05, 0.1) is 10.7 Å². The standard InChI is InChI=1S/C19H27ClF3N5O.C2H6/c1-3-5-17(19(21,22)23)25-28(4-2)13-18(29)27-10-8-26(9-11-27)14-6-7-15(20)16(24)12-14;1-2/h6-7,12H,3-5,8-11,13,24H2,1-2H3;1-2H3/b25-17+;. The van der Waals surface area contributed by atoms with Gasteiger partial charge in [0.1, 0.15) is 12.3 Å². The van der Waals surface area contributed by atoms with Gasteiger partial charge in [-0.1, -0.05) is 38.8 Å². The molecule has 2 N–H and O–H groups in total. The Balaban J connectivity index is 0.00000233. The Bertz CT molecular complexity index is 734. The van der Waals surface area contributed by atoms with E-state index in [-0.39, 0.29) is 25.4 Å². The lowest BCUT2D eigenvalue weighted by Crippen LogP contribution is -2.51. The van der Waals surface area contributed by atoms with Crippen molar-refractivity contribution < 1.29 is 18.0 Å². The van der Waals surface area contributed by atoms with Crippen LogP contribution < -0.4 is 10.6 Å². The van der Waals surface area contributed by atoms with Crippen molar-refractivity contribution in [1.82, 2.24) is 9.91 Å². The van der Waals surface area contributed by atoms with Gasteiger partial charge in [-0.3, -0.25) is 9.80 Å². The number of likely N-dealkylation sites (N-methyl/N-ethyl adjacent to an activating group) is 1. The fraction of sp³-hybridized carbons (Fsp3) is 0.619. The summed E-state index contributed by atoms with van der Waals surface area (Å²) in [7, 11) is 0. The quantitative estimate of drug-likeness (QED) is 0.363. The highest BCUT2D eigenvalue weighted by Gasteiger charge is 2.35. The van der Waals surface area contributed by atoms with E-state index in [0.29, 0.717) is 43.3 Å². The molecule has 1 saturated heterocycles. The lowest BCUT2D eigenvalue weighted by atomic mass is 10.2. The lowest BCUT2D eigenvalue weighted by molar-refractivity contribution is -0.132. The number of carbonyl (C=O) groups excluding carboxylic acids is 1. The van der Waals surface area contributed by atoms with Gasteiger partial charge >= 0.3 is 6.18 Å². The summed E-state index contributed by atoms with van der Waals surface area (Å²) in [5.74, 6) is -0.233. The number of hydrogen-bond acceptors (Lipinski definition) is 5. The molecular weight excluding hydrogens is 431 g/mol. The average Bonchev–Trinajstić information content (AvgIpc) is 2.75. The Morgan fingerprint density at radius 2 is 1.81 bits per heavy atom. The van der Waals surface area contributed by atoms with Crippen molar-refractivity contribution in [2.75, 3.05) is 49.9 Å². The number of alkyl halides is 3. The smallest absolute Gasteiger partial charge is 0.397 e. The minimum absolute atomic E-state index is 0.170. The number of anilines is 2. The van der Waals surface area contributed by atoms with Crippen LogP contribution in [0.4, 0.5) is 24.5 Å². The van der Waals surface area contributed by atoms with Crippen LogP contribution in [0.5, 0.6) is 0 Å². The van der Waals surface area contributed by atoms with Crippen LogP contribution in [0.3, 0.4) is 0 Å². The fourth-order valence-electron chi connectivity index (χ4n) is 3.07. The molecule has 0 atom stereocenters. The first-order valence-electron chi connectivity index (χ1n) is 10.6. The number of benzene rings is 1. The molecular formula is C21H33ClF3N5O. The maximum atomic E-state index is 13.1. The molecule has 1 aromatic carbocycles. The highest BCUT2D eigenvalue weighted by molar-refractivity contribution is 6.33. The minimum Gasteiger partial charge on any atom is -0.397 e. The number of nitrogen functional groups attached to an aromatic ring is 1. The first-order chi connectivity index (χ1) is 14.7. The van der Waals surface area contributed by atoms with Crippen LogP contribution in [-0.4, -0.2) is 67.0 Å². The first-order valence-corrected chi connectivity index (χ1v) is 11.0. The monoisotopic (exact) mass is 463 g/mol. The second kappa shape index (κ2) is 12.6. The topological polar surface area (TPSA) is 65.2 Å². The Morgan fingerprint density at radius 1 is 1.19 bits per heavy atom. The van der Waals surface area contributed by atoms with Gasteiger partial charge in [-0.15, -0.1) is 0 Å². The van der Waals surface area contributed by atoms with Crippen molar-refractivity contribution in [2.45, 2.75) is 46.7 Å². The molecule has 0 unspecified atom stereocenters. The summed E-state index contributed by atoms with van der Waals surface area (Å²) in [5, 5.41) is 5.39. The molecule has 1 amide bonds. The maximum Gasteiger partial charge on any atom is 0.431 e. The number of piperazine rings is 1. The van der Waals surface area contributed by atoms with Gasteiger partial charge in [0, 0.05) is 38.4 Å². The molecule has 0 aliphatic carbocycles. The van der Waals surface area contributed by atoms with Crippen molar-refractivity contribution in [1.29, 1.82) is 0 Å². The highest BCUT2D eigenvalue weighted by atomic mass is 35.5. The summed E-state index contributed by atoms with van der Waals surface area (Å²) in [6, 6.07) is 5.39. The predicted molar refractivity (Wildman–Crippen MR) is 122 cm³/mol. The van der Waals surface area contributed by atoms with Crippen LogP contribution in [0.15, 0.2) is 23.3 Å². The van der Waals surface area contributed by atoms with Crippen molar-refractivity contribution in [2.24, 2.45) is 5.10 Å². The van der Waals surface area contributed by atoms with Crippen molar-refractivity contribution in [3.63, 3.8) is 0 Å². The van der Waals surface area contributed by atoms with Gasteiger partial charge in [-0.2, -0.15) is 18.3 Å². The maximum absolute atomic E-state index is 13.1. The van der Waals surface area contributed by atoms with Gasteiger partial charge in [0.15, 0.2) is 0 Å². The molecule has 1 heterocycles. The molecule has 6 nitrogen and oxygen atoms in total. The molecule has 31 heavy (non-hydrogen) atoms. The molecule has 2 rings (SSSR count). The zero-order valence-electron chi connectivity index (χ0n) is 18.7. The van der Waals surface area contributed by atoms with E-state index in [1.165, 1.54) is 5.01 Å². The van der Waals surface area contributed by atoms with E-state index in [0.717, 1.165) is 5.69 Å². The van der Waals surface area contributed by atoms with Gasteiger partial charge in [0.25, 0.3) is 0 Å². The van der Waals surface area contributed by atoms with Gasteiger partial charge in [-0.25, -0.2) is 0 Å². The number of nitrogens with zero attached hydrogens (tertiary/aromatic N) is 4. The number of amides is 1. The van der Waals surface area contributed by atoms with Crippen LogP contribution in [0, 0.1) is 0 Å². The van der Waals surface area contributed by atoms with Crippen LogP contribution >= 0.6 is 11.6 Å². The Labute approximate surface area is 187 Å². The van der Waals surface area contributed by atoms with Crippen molar-refractivity contribution in [3.05, 3.63) is 23.2 Å². The molecule has 0 saturated carbocycles. The number of halogens is 4. The SMILES string of the molecule is CC.CCC/C(=N\N(CC)CC(=O)N1CCN(c2ccc(Cl)c(N)c2)CC1)C(F)(F)F. The van der Waals surface area contributed by atoms with E-state index in [2.05, 4.69) is 10.0 Å². The predicted octanol–water partition coefficient (Wildman–Crippen LogP) is 4.64. The van der Waals surface area contributed by atoms with E-state index in [1.807, 2.05) is 19.9 Å². The Morgan fingerprint density at radius 3 is 2.29 bits per heavy atom. The summed E-state index contributed by atoms with van der Waals surface area (Å²) in [4.78, 5) is 16.3. The second-order valence-corrected chi connectivity index (χ2v) is 7.26. The third-order valence-electron chi connectivity index (χ3n) is 4.74. The van der Waals surface area contributed by atoms with E-state index < -0.39 is 11.9 Å². The van der Waals surface area contributed by atoms with Gasteiger partial charge in [-0.05, 0) is 31.5 Å². The number of carbonyl (C=O) groups is 1. The Kier molecular flexibility index (Phi) is 11.0. The number of hydrogen-bond donors (Lipinski definition) is 1. The van der Waals surface area contributed by atoms with Crippen molar-refractivity contribution in [3.8, 4) is 0 Å². The highest BCUT2D eigenvalue weighted by Crippen LogP contribution is 2.26. The molecule has 0 aromatic heterocycles. The molecule has 1 aliphatic rings. The Hall–Kier alpha value is -2.16. The number of rotatable bonds is 7. The molecule has 10 heteroatoms. The summed E-state index contributed by atoms with van der Waals surface area (Å²) in [6.45, 7) is 9.55. The van der Waals surface area contributed by atoms with Crippen LogP contribution in [0.1, 0.15) is 40.5 Å². The molecule has 176 valence electrons. The minimum atomic E-state index is -4.49. The van der Waals surface area contributed by atoms with Gasteiger partial charge in [0.2, 0.25) is 5.91 Å². The third-order valence-corrected chi connectivity index (χ3v) is 5.08. The molecule has 1 aromatic rings. The normalized spacial score (nSPS) is 14.8. The number of nitrogens with two attached hydrogens (primary N) is 1. The van der Waals surface area contributed by atoms with Crippen LogP contribution in [-0.2, 0) is 4.79 Å². The lowest BCUT2D eigenvalue weighted by Gasteiger charge is -2.37. The zero-order valence-corrected chi connectivity index (χ0v) is 19.4.